The van der Waals surface area contributed by atoms with Crippen molar-refractivity contribution in [3.63, 3.8) is 0 Å². The lowest BCUT2D eigenvalue weighted by molar-refractivity contribution is 0.238. The van der Waals surface area contributed by atoms with Crippen LogP contribution in [0.15, 0.2) is 15.5 Å². The van der Waals surface area contributed by atoms with E-state index in [-0.39, 0.29) is 5.56 Å². The molecule has 0 saturated carbocycles. The smallest absolute Gasteiger partial charge is 0.282 e. The molecule has 1 fully saturated rings. The summed E-state index contributed by atoms with van der Waals surface area (Å²) in [4.78, 5) is 16.6. The highest BCUT2D eigenvalue weighted by Crippen LogP contribution is 2.22. The van der Waals surface area contributed by atoms with Crippen molar-refractivity contribution < 1.29 is 0 Å². The lowest BCUT2D eigenvalue weighted by Crippen LogP contribution is -2.35. The van der Waals surface area contributed by atoms with Gasteiger partial charge >= 0.3 is 0 Å². The fraction of sp³-hybridized carbons (Fsp3) is 0.692. The summed E-state index contributed by atoms with van der Waals surface area (Å²) in [5.74, 6) is 0. The Hall–Kier alpha value is -0.880. The van der Waals surface area contributed by atoms with Crippen LogP contribution in [-0.2, 0) is 7.05 Å². The summed E-state index contributed by atoms with van der Waals surface area (Å²) in [7, 11) is 1.67. The molecule has 0 N–H and O–H groups in total. The van der Waals surface area contributed by atoms with Crippen molar-refractivity contribution in [2.75, 3.05) is 31.1 Å². The van der Waals surface area contributed by atoms with Gasteiger partial charge in [-0.3, -0.25) is 9.69 Å². The van der Waals surface area contributed by atoms with Gasteiger partial charge in [0.15, 0.2) is 0 Å². The molecule has 0 spiro atoms. The number of aryl methyl sites for hydroxylation is 1. The number of aromatic nitrogens is 2. The van der Waals surface area contributed by atoms with Crippen molar-refractivity contribution in [3.05, 3.63) is 21.0 Å². The van der Waals surface area contributed by atoms with E-state index in [1.165, 1.54) is 4.68 Å². The highest BCUT2D eigenvalue weighted by Gasteiger charge is 2.19. The molecule has 1 aromatic heterocycles. The molecule has 0 atom stereocenters. The molecule has 1 aliphatic heterocycles. The third-order valence-corrected chi connectivity index (χ3v) is 4.41. The van der Waals surface area contributed by atoms with E-state index in [1.807, 2.05) is 0 Å². The molecule has 0 bridgehead atoms. The first-order chi connectivity index (χ1) is 9.00. The van der Waals surface area contributed by atoms with Gasteiger partial charge in [-0.25, -0.2) is 4.68 Å². The molecule has 1 saturated heterocycles. The van der Waals surface area contributed by atoms with Gasteiger partial charge in [-0.15, -0.1) is 0 Å². The molecule has 2 rings (SSSR count). The predicted molar refractivity (Wildman–Crippen MR) is 80.7 cm³/mol. The standard InChI is InChI=1S/C13H21BrN4O/c1-10(2)17-5-4-6-18(8-7-17)11-9-15-16(3)13(19)12(11)14/h9-10H,4-8H2,1-3H3. The number of hydrogen-bond donors (Lipinski definition) is 0. The fourth-order valence-electron chi connectivity index (χ4n) is 2.42. The summed E-state index contributed by atoms with van der Waals surface area (Å²) in [6.45, 7) is 8.50. The predicted octanol–water partition coefficient (Wildman–Crippen LogP) is 1.46. The lowest BCUT2D eigenvalue weighted by atomic mass is 10.3. The topological polar surface area (TPSA) is 41.4 Å². The molecule has 0 amide bonds. The molecule has 5 nitrogen and oxygen atoms in total. The summed E-state index contributed by atoms with van der Waals surface area (Å²) < 4.78 is 1.97. The first-order valence-electron chi connectivity index (χ1n) is 6.71. The molecule has 2 heterocycles. The molecule has 6 heteroatoms. The van der Waals surface area contributed by atoms with E-state index in [0.717, 1.165) is 38.3 Å². The second-order valence-electron chi connectivity index (χ2n) is 5.24. The van der Waals surface area contributed by atoms with Crippen molar-refractivity contribution in [3.8, 4) is 0 Å². The second kappa shape index (κ2) is 6.05. The van der Waals surface area contributed by atoms with Crippen LogP contribution in [0.4, 0.5) is 5.69 Å². The molecular formula is C13H21BrN4O. The second-order valence-corrected chi connectivity index (χ2v) is 6.04. The molecule has 19 heavy (non-hydrogen) atoms. The van der Waals surface area contributed by atoms with Crippen LogP contribution in [0.25, 0.3) is 0 Å². The third-order valence-electron chi connectivity index (χ3n) is 3.66. The molecule has 0 radical (unpaired) electrons. The van der Waals surface area contributed by atoms with Crippen LogP contribution in [0.2, 0.25) is 0 Å². The molecule has 0 aliphatic carbocycles. The normalized spacial score (nSPS) is 17.8. The summed E-state index contributed by atoms with van der Waals surface area (Å²) in [5, 5.41) is 4.12. The van der Waals surface area contributed by atoms with Crippen LogP contribution >= 0.6 is 15.9 Å². The number of anilines is 1. The largest absolute Gasteiger partial charge is 0.368 e. The van der Waals surface area contributed by atoms with Crippen LogP contribution in [0.3, 0.4) is 0 Å². The van der Waals surface area contributed by atoms with Gasteiger partial charge in [-0.1, -0.05) is 0 Å². The highest BCUT2D eigenvalue weighted by molar-refractivity contribution is 9.10. The zero-order valence-corrected chi connectivity index (χ0v) is 13.4. The summed E-state index contributed by atoms with van der Waals surface area (Å²) in [6.07, 6.45) is 2.89. The molecule has 106 valence electrons. The maximum Gasteiger partial charge on any atom is 0.282 e. The quantitative estimate of drug-likeness (QED) is 0.824. The van der Waals surface area contributed by atoms with Gasteiger partial charge in [0.25, 0.3) is 5.56 Å². The minimum absolute atomic E-state index is 0.0811. The van der Waals surface area contributed by atoms with E-state index in [9.17, 15) is 4.79 Å². The van der Waals surface area contributed by atoms with Crippen molar-refractivity contribution in [1.82, 2.24) is 14.7 Å². The van der Waals surface area contributed by atoms with Gasteiger partial charge in [-0.05, 0) is 36.2 Å². The average molecular weight is 329 g/mol. The Morgan fingerprint density at radius 1 is 1.26 bits per heavy atom. The fourth-order valence-corrected chi connectivity index (χ4v) is 3.03. The SMILES string of the molecule is CC(C)N1CCCN(c2cnn(C)c(=O)c2Br)CC1. The van der Waals surface area contributed by atoms with E-state index >= 15 is 0 Å². The molecule has 0 unspecified atom stereocenters. The Morgan fingerprint density at radius 2 is 2.00 bits per heavy atom. The monoisotopic (exact) mass is 328 g/mol. The van der Waals surface area contributed by atoms with Crippen LogP contribution in [0.5, 0.6) is 0 Å². The summed E-state index contributed by atoms with van der Waals surface area (Å²) in [6, 6.07) is 0.574. The Bertz CT molecular complexity index is 500. The maximum atomic E-state index is 11.9. The molecular weight excluding hydrogens is 308 g/mol. The first kappa shape index (κ1) is 14.5. The van der Waals surface area contributed by atoms with Crippen molar-refractivity contribution in [1.29, 1.82) is 0 Å². The average Bonchev–Trinajstić information content (AvgIpc) is 2.62. The van der Waals surface area contributed by atoms with Crippen molar-refractivity contribution in [2.24, 2.45) is 7.05 Å². The first-order valence-corrected chi connectivity index (χ1v) is 7.51. The number of rotatable bonds is 2. The zero-order chi connectivity index (χ0) is 14.0. The minimum atomic E-state index is -0.0811. The third kappa shape index (κ3) is 3.17. The van der Waals surface area contributed by atoms with Crippen molar-refractivity contribution in [2.45, 2.75) is 26.3 Å². The number of hydrogen-bond acceptors (Lipinski definition) is 4. The maximum absolute atomic E-state index is 11.9. The zero-order valence-electron chi connectivity index (χ0n) is 11.8. The van der Waals surface area contributed by atoms with Gasteiger partial charge in [0.1, 0.15) is 4.47 Å². The van der Waals surface area contributed by atoms with Gasteiger partial charge in [-0.2, -0.15) is 5.10 Å². The van der Waals surface area contributed by atoms with Crippen LogP contribution in [0.1, 0.15) is 20.3 Å². The van der Waals surface area contributed by atoms with Gasteiger partial charge in [0.05, 0.1) is 11.9 Å². The number of halogens is 1. The Balaban J connectivity index is 2.19. The van der Waals surface area contributed by atoms with Gasteiger partial charge in [0.2, 0.25) is 0 Å². The van der Waals surface area contributed by atoms with E-state index < -0.39 is 0 Å². The van der Waals surface area contributed by atoms with E-state index in [4.69, 9.17) is 0 Å². The Morgan fingerprint density at radius 3 is 2.68 bits per heavy atom. The van der Waals surface area contributed by atoms with E-state index in [2.05, 4.69) is 44.7 Å². The van der Waals surface area contributed by atoms with E-state index in [0.29, 0.717) is 10.5 Å². The van der Waals surface area contributed by atoms with Gasteiger partial charge < -0.3 is 4.90 Å². The number of nitrogens with zero attached hydrogens (tertiary/aromatic N) is 4. The summed E-state index contributed by atoms with van der Waals surface area (Å²) >= 11 is 3.41. The Kier molecular flexibility index (Phi) is 4.62. The van der Waals surface area contributed by atoms with Crippen LogP contribution < -0.4 is 10.5 Å². The van der Waals surface area contributed by atoms with Crippen molar-refractivity contribution >= 4 is 21.6 Å². The van der Waals surface area contributed by atoms with Gasteiger partial charge in [0, 0.05) is 39.3 Å². The Labute approximate surface area is 122 Å². The molecule has 0 aromatic carbocycles. The van der Waals surface area contributed by atoms with Crippen LogP contribution in [-0.4, -0.2) is 46.9 Å². The highest BCUT2D eigenvalue weighted by atomic mass is 79.9. The minimum Gasteiger partial charge on any atom is -0.368 e. The summed E-state index contributed by atoms with van der Waals surface area (Å²) in [5.41, 5.74) is 0.830. The van der Waals surface area contributed by atoms with E-state index in [1.54, 1.807) is 13.2 Å². The molecule has 1 aromatic rings. The molecule has 1 aliphatic rings. The lowest BCUT2D eigenvalue weighted by Gasteiger charge is -2.26. The van der Waals surface area contributed by atoms with Crippen LogP contribution in [0, 0.1) is 0 Å².